The molecule has 78 valence electrons. The molecule has 0 fully saturated rings. The Morgan fingerprint density at radius 1 is 1.43 bits per heavy atom. The summed E-state index contributed by atoms with van der Waals surface area (Å²) in [5.41, 5.74) is 6.55. The van der Waals surface area contributed by atoms with Gasteiger partial charge in [-0.2, -0.15) is 0 Å². The van der Waals surface area contributed by atoms with Crippen LogP contribution in [0.4, 0.5) is 4.39 Å². The first-order valence-electron chi connectivity index (χ1n) is 4.71. The van der Waals surface area contributed by atoms with Gasteiger partial charge in [0.05, 0.1) is 0 Å². The summed E-state index contributed by atoms with van der Waals surface area (Å²) >= 11 is 2.17. The third-order valence-electron chi connectivity index (χ3n) is 2.08. The second kappa shape index (κ2) is 5.07. The van der Waals surface area contributed by atoms with E-state index in [0.717, 1.165) is 9.99 Å². The van der Waals surface area contributed by atoms with Crippen molar-refractivity contribution in [1.82, 2.24) is 0 Å². The lowest BCUT2D eigenvalue weighted by atomic mass is 9.97. The highest BCUT2D eigenvalue weighted by atomic mass is 127. The van der Waals surface area contributed by atoms with Gasteiger partial charge in [0.15, 0.2) is 0 Å². The van der Waals surface area contributed by atoms with Crippen molar-refractivity contribution in [3.63, 3.8) is 0 Å². The normalized spacial score (nSPS) is 13.3. The lowest BCUT2D eigenvalue weighted by Crippen LogP contribution is -2.14. The van der Waals surface area contributed by atoms with Gasteiger partial charge in [0.2, 0.25) is 0 Å². The molecule has 0 bridgehead atoms. The fourth-order valence-electron chi connectivity index (χ4n) is 1.43. The Kier molecular flexibility index (Phi) is 4.31. The van der Waals surface area contributed by atoms with Gasteiger partial charge < -0.3 is 5.73 Å². The van der Waals surface area contributed by atoms with Crippen LogP contribution < -0.4 is 5.73 Å². The molecule has 0 aliphatic rings. The molecule has 1 nitrogen and oxygen atoms in total. The quantitative estimate of drug-likeness (QED) is 0.850. The van der Waals surface area contributed by atoms with Crippen LogP contribution in [0.2, 0.25) is 0 Å². The molecule has 1 rings (SSSR count). The average Bonchev–Trinajstić information content (AvgIpc) is 2.08. The van der Waals surface area contributed by atoms with Gasteiger partial charge in [-0.15, -0.1) is 0 Å². The van der Waals surface area contributed by atoms with Crippen molar-refractivity contribution in [3.05, 3.63) is 33.1 Å². The zero-order valence-corrected chi connectivity index (χ0v) is 10.6. The minimum Gasteiger partial charge on any atom is -0.324 e. The fourth-order valence-corrected chi connectivity index (χ4v) is 1.95. The van der Waals surface area contributed by atoms with Crippen LogP contribution >= 0.6 is 22.6 Å². The Morgan fingerprint density at radius 3 is 2.64 bits per heavy atom. The van der Waals surface area contributed by atoms with Crippen molar-refractivity contribution in [2.75, 3.05) is 0 Å². The summed E-state index contributed by atoms with van der Waals surface area (Å²) in [4.78, 5) is 0. The first-order valence-corrected chi connectivity index (χ1v) is 5.79. The standard InChI is InChI=1S/C11H15FIN/c1-7(2)5-11(14)9-6-8(13)3-4-10(9)12/h3-4,6-7,11H,5,14H2,1-2H3/t11-/m1/s1. The SMILES string of the molecule is CC(C)C[C@@H](N)c1cc(I)ccc1F. The second-order valence-electron chi connectivity index (χ2n) is 3.90. The van der Waals surface area contributed by atoms with Gasteiger partial charge in [0.25, 0.3) is 0 Å². The monoisotopic (exact) mass is 307 g/mol. The summed E-state index contributed by atoms with van der Waals surface area (Å²) in [5, 5.41) is 0. The largest absolute Gasteiger partial charge is 0.324 e. The molecule has 1 aromatic rings. The average molecular weight is 307 g/mol. The van der Waals surface area contributed by atoms with E-state index in [1.807, 2.05) is 6.07 Å². The Balaban J connectivity index is 2.88. The van der Waals surface area contributed by atoms with E-state index < -0.39 is 0 Å². The van der Waals surface area contributed by atoms with Crippen molar-refractivity contribution in [3.8, 4) is 0 Å². The van der Waals surface area contributed by atoms with Gasteiger partial charge in [-0.05, 0) is 53.1 Å². The van der Waals surface area contributed by atoms with Gasteiger partial charge >= 0.3 is 0 Å². The maximum atomic E-state index is 13.4. The molecule has 1 atom stereocenters. The number of rotatable bonds is 3. The molecular weight excluding hydrogens is 292 g/mol. The van der Waals surface area contributed by atoms with Gasteiger partial charge in [-0.3, -0.25) is 0 Å². The minimum absolute atomic E-state index is 0.190. The van der Waals surface area contributed by atoms with Crippen LogP contribution in [0.3, 0.4) is 0 Å². The second-order valence-corrected chi connectivity index (χ2v) is 5.15. The summed E-state index contributed by atoms with van der Waals surface area (Å²) in [5.74, 6) is 0.292. The molecule has 0 aliphatic heterocycles. The van der Waals surface area contributed by atoms with Crippen molar-refractivity contribution < 1.29 is 4.39 Å². The van der Waals surface area contributed by atoms with E-state index in [0.29, 0.717) is 11.5 Å². The molecule has 0 radical (unpaired) electrons. The summed E-state index contributed by atoms with van der Waals surface area (Å²) < 4.78 is 14.4. The zero-order valence-electron chi connectivity index (χ0n) is 8.43. The Labute approximate surface area is 98.0 Å². The number of halogens is 2. The predicted molar refractivity (Wildman–Crippen MR) is 65.5 cm³/mol. The Hall–Kier alpha value is -0.160. The van der Waals surface area contributed by atoms with Gasteiger partial charge in [0.1, 0.15) is 5.82 Å². The molecule has 14 heavy (non-hydrogen) atoms. The Morgan fingerprint density at radius 2 is 2.07 bits per heavy atom. The van der Waals surface area contributed by atoms with Crippen LogP contribution in [0.25, 0.3) is 0 Å². The first kappa shape index (κ1) is 11.9. The van der Waals surface area contributed by atoms with Crippen molar-refractivity contribution in [1.29, 1.82) is 0 Å². The van der Waals surface area contributed by atoms with Crippen LogP contribution in [-0.2, 0) is 0 Å². The fraction of sp³-hybridized carbons (Fsp3) is 0.455. The molecule has 0 aliphatic carbocycles. The molecule has 0 saturated carbocycles. The van der Waals surface area contributed by atoms with E-state index in [9.17, 15) is 4.39 Å². The highest BCUT2D eigenvalue weighted by Gasteiger charge is 2.12. The summed E-state index contributed by atoms with van der Waals surface area (Å²) in [7, 11) is 0. The lowest BCUT2D eigenvalue weighted by molar-refractivity contribution is 0.488. The molecule has 1 aromatic carbocycles. The number of hydrogen-bond acceptors (Lipinski definition) is 1. The van der Waals surface area contributed by atoms with Crippen LogP contribution in [0.15, 0.2) is 18.2 Å². The number of benzene rings is 1. The maximum Gasteiger partial charge on any atom is 0.128 e. The van der Waals surface area contributed by atoms with Gasteiger partial charge in [-0.1, -0.05) is 13.8 Å². The third kappa shape index (κ3) is 3.20. The number of hydrogen-bond donors (Lipinski definition) is 1. The number of nitrogens with two attached hydrogens (primary N) is 1. The zero-order chi connectivity index (χ0) is 10.7. The third-order valence-corrected chi connectivity index (χ3v) is 2.75. The molecule has 0 saturated heterocycles. The first-order chi connectivity index (χ1) is 6.50. The van der Waals surface area contributed by atoms with E-state index >= 15 is 0 Å². The van der Waals surface area contributed by atoms with Gasteiger partial charge in [-0.25, -0.2) is 4.39 Å². The molecule has 0 unspecified atom stereocenters. The van der Waals surface area contributed by atoms with E-state index in [4.69, 9.17) is 5.73 Å². The van der Waals surface area contributed by atoms with Gasteiger partial charge in [0, 0.05) is 15.2 Å². The molecule has 3 heteroatoms. The smallest absolute Gasteiger partial charge is 0.128 e. The molecule has 2 N–H and O–H groups in total. The van der Waals surface area contributed by atoms with Crippen LogP contribution in [-0.4, -0.2) is 0 Å². The molecule has 0 spiro atoms. The maximum absolute atomic E-state index is 13.4. The molecule has 0 amide bonds. The van der Waals surface area contributed by atoms with E-state index in [2.05, 4.69) is 36.4 Å². The molecule has 0 heterocycles. The lowest BCUT2D eigenvalue weighted by Gasteiger charge is -2.15. The van der Waals surface area contributed by atoms with Crippen molar-refractivity contribution in [2.45, 2.75) is 26.3 Å². The van der Waals surface area contributed by atoms with Crippen LogP contribution in [0.5, 0.6) is 0 Å². The van der Waals surface area contributed by atoms with Crippen LogP contribution in [0, 0.1) is 15.3 Å². The summed E-state index contributed by atoms with van der Waals surface area (Å²) in [6.45, 7) is 4.18. The van der Waals surface area contributed by atoms with E-state index in [-0.39, 0.29) is 11.9 Å². The van der Waals surface area contributed by atoms with Crippen molar-refractivity contribution >= 4 is 22.6 Å². The predicted octanol–water partition coefficient (Wildman–Crippen LogP) is 3.48. The summed E-state index contributed by atoms with van der Waals surface area (Å²) in [6.07, 6.45) is 0.816. The topological polar surface area (TPSA) is 26.0 Å². The minimum atomic E-state index is -0.196. The van der Waals surface area contributed by atoms with E-state index in [1.165, 1.54) is 6.07 Å². The van der Waals surface area contributed by atoms with Crippen molar-refractivity contribution in [2.24, 2.45) is 11.7 Å². The van der Waals surface area contributed by atoms with Crippen LogP contribution in [0.1, 0.15) is 31.9 Å². The molecule has 0 aromatic heterocycles. The van der Waals surface area contributed by atoms with E-state index in [1.54, 1.807) is 6.07 Å². The highest BCUT2D eigenvalue weighted by molar-refractivity contribution is 14.1. The highest BCUT2D eigenvalue weighted by Crippen LogP contribution is 2.23. The summed E-state index contributed by atoms with van der Waals surface area (Å²) in [6, 6.07) is 4.87. The Bertz CT molecular complexity index is 312. The molecular formula is C11H15FIN.